The molecule has 110 valence electrons. The van der Waals surface area contributed by atoms with Crippen LogP contribution in [-0.4, -0.2) is 39.1 Å². The third-order valence-corrected chi connectivity index (χ3v) is 4.40. The minimum atomic E-state index is -3.92. The molecule has 0 aromatic heterocycles. The number of anilines is 1. The Morgan fingerprint density at radius 3 is 2.65 bits per heavy atom. The molecule has 0 saturated carbocycles. The van der Waals surface area contributed by atoms with E-state index in [-0.39, 0.29) is 10.5 Å². The van der Waals surface area contributed by atoms with E-state index in [2.05, 4.69) is 0 Å². The van der Waals surface area contributed by atoms with E-state index in [4.69, 9.17) is 10.9 Å². The summed E-state index contributed by atoms with van der Waals surface area (Å²) in [6, 6.07) is 3.91. The lowest BCUT2D eigenvalue weighted by Crippen LogP contribution is -2.25. The fraction of sp³-hybridized carbons (Fsp3) is 0.417. The second-order valence-electron chi connectivity index (χ2n) is 4.87. The molecule has 0 bridgehead atoms. The normalized spacial score (nSPS) is 19.3. The highest BCUT2D eigenvalue weighted by Crippen LogP contribution is 2.28. The molecule has 1 aromatic rings. The van der Waals surface area contributed by atoms with Crippen LogP contribution in [0.4, 0.5) is 5.69 Å². The van der Waals surface area contributed by atoms with Gasteiger partial charge in [-0.1, -0.05) is 0 Å². The second-order valence-corrected chi connectivity index (χ2v) is 6.43. The van der Waals surface area contributed by atoms with Crippen LogP contribution in [0.1, 0.15) is 16.8 Å². The largest absolute Gasteiger partial charge is 0.478 e. The lowest BCUT2D eigenvalue weighted by Gasteiger charge is -2.21. The van der Waals surface area contributed by atoms with Crippen LogP contribution in [0.5, 0.6) is 0 Å². The van der Waals surface area contributed by atoms with Gasteiger partial charge in [-0.05, 0) is 37.1 Å². The Morgan fingerprint density at radius 1 is 1.45 bits per heavy atom. The third-order valence-electron chi connectivity index (χ3n) is 3.49. The smallest absolute Gasteiger partial charge is 0.337 e. The summed E-state index contributed by atoms with van der Waals surface area (Å²) in [7, 11) is -3.92. The number of aromatic carboxylic acids is 1. The highest BCUT2D eigenvalue weighted by atomic mass is 32.2. The molecule has 0 radical (unpaired) electrons. The fourth-order valence-electron chi connectivity index (χ4n) is 2.38. The molecule has 5 N–H and O–H groups in total. The van der Waals surface area contributed by atoms with E-state index < -0.39 is 16.0 Å². The van der Waals surface area contributed by atoms with Gasteiger partial charge >= 0.3 is 5.97 Å². The van der Waals surface area contributed by atoms with E-state index in [1.54, 1.807) is 0 Å². The van der Waals surface area contributed by atoms with Crippen molar-refractivity contribution >= 4 is 21.7 Å². The maximum absolute atomic E-state index is 11.3. The van der Waals surface area contributed by atoms with Gasteiger partial charge in [-0.25, -0.2) is 18.4 Å². The molecular weight excluding hydrogens is 282 g/mol. The molecule has 1 heterocycles. The minimum absolute atomic E-state index is 0.0609. The van der Waals surface area contributed by atoms with E-state index in [1.807, 2.05) is 4.90 Å². The molecule has 1 saturated heterocycles. The maximum atomic E-state index is 11.3. The molecule has 0 aliphatic carbocycles. The minimum Gasteiger partial charge on any atom is -0.478 e. The topological polar surface area (TPSA) is 127 Å². The summed E-state index contributed by atoms with van der Waals surface area (Å²) in [6.07, 6.45) is 0.895. The number of nitrogens with two attached hydrogens (primary N) is 2. The standard InChI is InChI=1S/C12H17N3O4S/c13-6-8-3-4-15(7-8)11-2-1-9(20(14,18)19)5-10(11)12(16)17/h1-2,5,8H,3-4,6-7,13H2,(H,16,17)(H2,14,18,19). The summed E-state index contributed by atoms with van der Waals surface area (Å²) < 4.78 is 22.6. The van der Waals surface area contributed by atoms with E-state index in [0.717, 1.165) is 12.5 Å². The predicted octanol–water partition coefficient (Wildman–Crippen LogP) is -0.183. The van der Waals surface area contributed by atoms with Gasteiger partial charge < -0.3 is 15.7 Å². The van der Waals surface area contributed by atoms with Crippen LogP contribution in [0, 0.1) is 5.92 Å². The van der Waals surface area contributed by atoms with Gasteiger partial charge in [-0.3, -0.25) is 0 Å². The van der Waals surface area contributed by atoms with Crippen LogP contribution < -0.4 is 15.8 Å². The molecule has 1 aliphatic rings. The van der Waals surface area contributed by atoms with Crippen molar-refractivity contribution in [2.45, 2.75) is 11.3 Å². The molecule has 1 aliphatic heterocycles. The number of primary sulfonamides is 1. The monoisotopic (exact) mass is 299 g/mol. The summed E-state index contributed by atoms with van der Waals surface area (Å²) in [4.78, 5) is 13.0. The van der Waals surface area contributed by atoms with Crippen LogP contribution >= 0.6 is 0 Å². The molecule has 20 heavy (non-hydrogen) atoms. The van der Waals surface area contributed by atoms with Crippen molar-refractivity contribution in [3.63, 3.8) is 0 Å². The fourth-order valence-corrected chi connectivity index (χ4v) is 2.92. The van der Waals surface area contributed by atoms with Crippen molar-refractivity contribution in [1.82, 2.24) is 0 Å². The molecule has 7 nitrogen and oxygen atoms in total. The molecule has 0 spiro atoms. The zero-order chi connectivity index (χ0) is 14.9. The van der Waals surface area contributed by atoms with Gasteiger partial charge in [0.05, 0.1) is 16.1 Å². The van der Waals surface area contributed by atoms with Gasteiger partial charge in [0.15, 0.2) is 0 Å². The van der Waals surface area contributed by atoms with Crippen molar-refractivity contribution in [3.8, 4) is 0 Å². The molecular formula is C12H17N3O4S. The number of carbonyl (C=O) groups is 1. The Kier molecular flexibility index (Phi) is 3.98. The van der Waals surface area contributed by atoms with Gasteiger partial charge in [-0.2, -0.15) is 0 Å². The summed E-state index contributed by atoms with van der Waals surface area (Å²) in [5.41, 5.74) is 6.05. The van der Waals surface area contributed by atoms with Crippen molar-refractivity contribution in [3.05, 3.63) is 23.8 Å². The van der Waals surface area contributed by atoms with Crippen LogP contribution in [0.2, 0.25) is 0 Å². The molecule has 2 rings (SSSR count). The summed E-state index contributed by atoms with van der Waals surface area (Å²) >= 11 is 0. The first-order valence-corrected chi connectivity index (χ1v) is 7.72. The lowest BCUT2D eigenvalue weighted by atomic mass is 10.1. The number of hydrogen-bond donors (Lipinski definition) is 3. The van der Waals surface area contributed by atoms with E-state index in [0.29, 0.717) is 31.2 Å². The Bertz CT molecular complexity index is 630. The molecule has 8 heteroatoms. The SMILES string of the molecule is NCC1CCN(c2ccc(S(N)(=O)=O)cc2C(=O)O)C1. The van der Waals surface area contributed by atoms with Crippen molar-refractivity contribution in [2.24, 2.45) is 16.8 Å². The summed E-state index contributed by atoms with van der Waals surface area (Å²) in [6.45, 7) is 1.93. The first-order valence-electron chi connectivity index (χ1n) is 6.18. The van der Waals surface area contributed by atoms with Gasteiger partial charge in [-0.15, -0.1) is 0 Å². The first-order chi connectivity index (χ1) is 9.32. The van der Waals surface area contributed by atoms with E-state index in [1.165, 1.54) is 12.1 Å². The molecule has 1 aromatic carbocycles. The van der Waals surface area contributed by atoms with Gasteiger partial charge in [0, 0.05) is 13.1 Å². The van der Waals surface area contributed by atoms with Crippen molar-refractivity contribution in [1.29, 1.82) is 0 Å². The van der Waals surface area contributed by atoms with Crippen LogP contribution in [0.3, 0.4) is 0 Å². The lowest BCUT2D eigenvalue weighted by molar-refractivity contribution is 0.0697. The number of rotatable bonds is 4. The molecule has 1 unspecified atom stereocenters. The zero-order valence-corrected chi connectivity index (χ0v) is 11.6. The summed E-state index contributed by atoms with van der Waals surface area (Å²) in [5.74, 6) is -0.851. The number of benzene rings is 1. The second kappa shape index (κ2) is 5.39. The highest BCUT2D eigenvalue weighted by Gasteiger charge is 2.26. The number of hydrogen-bond acceptors (Lipinski definition) is 5. The average molecular weight is 299 g/mol. The highest BCUT2D eigenvalue weighted by molar-refractivity contribution is 7.89. The van der Waals surface area contributed by atoms with Gasteiger partial charge in [0.1, 0.15) is 0 Å². The quantitative estimate of drug-likeness (QED) is 0.707. The van der Waals surface area contributed by atoms with Gasteiger partial charge in [0.25, 0.3) is 0 Å². The molecule has 1 fully saturated rings. The zero-order valence-electron chi connectivity index (χ0n) is 10.8. The maximum Gasteiger partial charge on any atom is 0.337 e. The Morgan fingerprint density at radius 2 is 2.15 bits per heavy atom. The van der Waals surface area contributed by atoms with Crippen LogP contribution in [0.25, 0.3) is 0 Å². The Hall–Kier alpha value is -1.64. The van der Waals surface area contributed by atoms with E-state index >= 15 is 0 Å². The van der Waals surface area contributed by atoms with Crippen molar-refractivity contribution < 1.29 is 18.3 Å². The van der Waals surface area contributed by atoms with Crippen molar-refractivity contribution in [2.75, 3.05) is 24.5 Å². The predicted molar refractivity (Wildman–Crippen MR) is 74.1 cm³/mol. The molecule has 1 atom stereocenters. The van der Waals surface area contributed by atoms with E-state index in [9.17, 15) is 18.3 Å². The number of nitrogens with zero attached hydrogens (tertiary/aromatic N) is 1. The van der Waals surface area contributed by atoms with Crippen LogP contribution in [0.15, 0.2) is 23.1 Å². The Labute approximate surface area is 117 Å². The number of sulfonamides is 1. The van der Waals surface area contributed by atoms with Gasteiger partial charge in [0.2, 0.25) is 10.0 Å². The number of carboxylic acid groups (broad SMARTS) is 1. The average Bonchev–Trinajstić information content (AvgIpc) is 2.85. The number of carboxylic acids is 1. The Balaban J connectivity index is 2.42. The summed E-state index contributed by atoms with van der Waals surface area (Å²) in [5, 5.41) is 14.3. The van der Waals surface area contributed by atoms with Crippen LogP contribution in [-0.2, 0) is 10.0 Å². The first kappa shape index (κ1) is 14.8. The third kappa shape index (κ3) is 2.92. The molecule has 0 amide bonds.